The van der Waals surface area contributed by atoms with Gasteiger partial charge in [-0.3, -0.25) is 4.79 Å². The molecule has 0 saturated carbocycles. The predicted octanol–water partition coefficient (Wildman–Crippen LogP) is -0.630. The summed E-state index contributed by atoms with van der Waals surface area (Å²) in [7, 11) is 0. The highest BCUT2D eigenvalue weighted by atomic mass is 16.8. The molecule has 68 valence electrons. The van der Waals surface area contributed by atoms with Crippen molar-refractivity contribution in [2.45, 2.75) is 0 Å². The molecule has 0 spiro atoms. The Morgan fingerprint density at radius 2 is 1.92 bits per heavy atom. The van der Waals surface area contributed by atoms with Crippen molar-refractivity contribution in [3.8, 4) is 0 Å². The highest BCUT2D eigenvalue weighted by molar-refractivity contribution is 5.56. The summed E-state index contributed by atoms with van der Waals surface area (Å²) in [6, 6.07) is 0. The Hall–Kier alpha value is -1.30. The monoisotopic (exact) mass is 174 g/mol. The van der Waals surface area contributed by atoms with Crippen molar-refractivity contribution >= 4 is 12.6 Å². The highest BCUT2D eigenvalue weighted by Gasteiger charge is 2.17. The quantitative estimate of drug-likeness (QED) is 0.564. The number of piperazine rings is 1. The molecule has 0 aromatic rings. The van der Waals surface area contributed by atoms with Gasteiger partial charge in [-0.15, -0.1) is 5.06 Å². The summed E-state index contributed by atoms with van der Waals surface area (Å²) in [5, 5.41) is 9.56. The second-order valence-corrected chi connectivity index (χ2v) is 2.43. The molecule has 1 heterocycles. The maximum Gasteiger partial charge on any atom is 0.525 e. The second-order valence-electron chi connectivity index (χ2n) is 2.43. The molecule has 0 radical (unpaired) electrons. The molecule has 1 saturated heterocycles. The largest absolute Gasteiger partial charge is 0.525 e. The average Bonchev–Trinajstić information content (AvgIpc) is 2.05. The maximum atomic E-state index is 10.2. The number of nitrogens with zero attached hydrogens (tertiary/aromatic N) is 2. The zero-order valence-electron chi connectivity index (χ0n) is 6.47. The van der Waals surface area contributed by atoms with Crippen LogP contribution in [0.2, 0.25) is 0 Å². The molecular weight excluding hydrogens is 164 g/mol. The van der Waals surface area contributed by atoms with E-state index in [2.05, 4.69) is 4.84 Å². The molecular formula is C6H10N2O4. The maximum absolute atomic E-state index is 10.2. The normalized spacial score (nSPS) is 18.8. The Labute approximate surface area is 69.3 Å². The van der Waals surface area contributed by atoms with E-state index in [4.69, 9.17) is 5.11 Å². The molecule has 1 aliphatic heterocycles. The van der Waals surface area contributed by atoms with Crippen LogP contribution >= 0.6 is 0 Å². The first-order valence-electron chi connectivity index (χ1n) is 3.57. The van der Waals surface area contributed by atoms with Crippen LogP contribution in [0.15, 0.2) is 0 Å². The van der Waals surface area contributed by atoms with E-state index in [9.17, 15) is 9.59 Å². The van der Waals surface area contributed by atoms with Gasteiger partial charge in [-0.1, -0.05) is 0 Å². The van der Waals surface area contributed by atoms with Crippen LogP contribution in [-0.2, 0) is 9.63 Å². The van der Waals surface area contributed by atoms with Gasteiger partial charge in [0, 0.05) is 13.1 Å². The zero-order chi connectivity index (χ0) is 8.97. The van der Waals surface area contributed by atoms with Crippen LogP contribution < -0.4 is 0 Å². The molecule has 0 aromatic carbocycles. The van der Waals surface area contributed by atoms with Gasteiger partial charge in [0.05, 0.1) is 13.1 Å². The first kappa shape index (κ1) is 8.79. The molecule has 0 aromatic heterocycles. The fourth-order valence-corrected chi connectivity index (χ4v) is 1.01. The lowest BCUT2D eigenvalue weighted by Crippen LogP contribution is -2.46. The molecule has 1 aliphatic rings. The molecule has 1 amide bonds. The van der Waals surface area contributed by atoms with E-state index in [1.807, 2.05) is 0 Å². The van der Waals surface area contributed by atoms with Crippen molar-refractivity contribution < 1.29 is 19.5 Å². The fraction of sp³-hybridized carbons (Fsp3) is 0.667. The Kier molecular flexibility index (Phi) is 2.87. The summed E-state index contributed by atoms with van der Waals surface area (Å²) in [6.07, 6.45) is -0.562. The smallest absolute Gasteiger partial charge is 0.448 e. The Morgan fingerprint density at radius 3 is 2.33 bits per heavy atom. The van der Waals surface area contributed by atoms with Crippen molar-refractivity contribution in [1.82, 2.24) is 9.96 Å². The Balaban J connectivity index is 2.26. The fourth-order valence-electron chi connectivity index (χ4n) is 1.01. The van der Waals surface area contributed by atoms with E-state index in [-0.39, 0.29) is 0 Å². The topological polar surface area (TPSA) is 70.1 Å². The number of hydrogen-bond donors (Lipinski definition) is 1. The summed E-state index contributed by atoms with van der Waals surface area (Å²) >= 11 is 0. The summed E-state index contributed by atoms with van der Waals surface area (Å²) in [5.74, 6) is 0. The van der Waals surface area contributed by atoms with Crippen molar-refractivity contribution in [3.63, 3.8) is 0 Å². The first-order valence-corrected chi connectivity index (χ1v) is 3.57. The lowest BCUT2D eigenvalue weighted by Gasteiger charge is -2.29. The van der Waals surface area contributed by atoms with Gasteiger partial charge in [0.15, 0.2) is 0 Å². The van der Waals surface area contributed by atoms with Crippen molar-refractivity contribution in [1.29, 1.82) is 0 Å². The van der Waals surface area contributed by atoms with Crippen LogP contribution in [0.5, 0.6) is 0 Å². The van der Waals surface area contributed by atoms with Crippen molar-refractivity contribution in [2.75, 3.05) is 26.2 Å². The van der Waals surface area contributed by atoms with Gasteiger partial charge < -0.3 is 14.8 Å². The van der Waals surface area contributed by atoms with Crippen molar-refractivity contribution in [3.05, 3.63) is 0 Å². The number of hydrogen-bond acceptors (Lipinski definition) is 4. The molecule has 6 nitrogen and oxygen atoms in total. The molecule has 0 aliphatic carbocycles. The number of rotatable bonds is 2. The Morgan fingerprint density at radius 1 is 1.33 bits per heavy atom. The SMILES string of the molecule is O=CN1CCN(OC(=O)O)CC1. The lowest BCUT2D eigenvalue weighted by molar-refractivity contribution is -0.146. The minimum atomic E-state index is -1.31. The molecule has 0 atom stereocenters. The van der Waals surface area contributed by atoms with Gasteiger partial charge in [0.25, 0.3) is 0 Å². The van der Waals surface area contributed by atoms with Gasteiger partial charge in [-0.25, -0.2) is 4.79 Å². The highest BCUT2D eigenvalue weighted by Crippen LogP contribution is 1.99. The third-order valence-corrected chi connectivity index (χ3v) is 1.63. The number of carbonyl (C=O) groups excluding carboxylic acids is 1. The van der Waals surface area contributed by atoms with E-state index in [0.29, 0.717) is 26.2 Å². The molecule has 12 heavy (non-hydrogen) atoms. The van der Waals surface area contributed by atoms with Gasteiger partial charge in [0.2, 0.25) is 6.41 Å². The van der Waals surface area contributed by atoms with Gasteiger partial charge in [-0.05, 0) is 0 Å². The molecule has 6 heteroatoms. The number of carboxylic acid groups (broad SMARTS) is 1. The average molecular weight is 174 g/mol. The second kappa shape index (κ2) is 3.91. The van der Waals surface area contributed by atoms with Crippen LogP contribution in [0, 0.1) is 0 Å². The van der Waals surface area contributed by atoms with Crippen LogP contribution in [-0.4, -0.2) is 53.8 Å². The third-order valence-electron chi connectivity index (χ3n) is 1.63. The summed E-state index contributed by atoms with van der Waals surface area (Å²) in [4.78, 5) is 26.3. The molecule has 1 N–H and O–H groups in total. The minimum Gasteiger partial charge on any atom is -0.448 e. The van der Waals surface area contributed by atoms with E-state index in [1.54, 1.807) is 4.90 Å². The van der Waals surface area contributed by atoms with Crippen molar-refractivity contribution in [2.24, 2.45) is 0 Å². The van der Waals surface area contributed by atoms with Gasteiger partial charge in [0.1, 0.15) is 0 Å². The minimum absolute atomic E-state index is 0.436. The summed E-state index contributed by atoms with van der Waals surface area (Å²) in [6.45, 7) is 1.89. The third kappa shape index (κ3) is 2.39. The summed E-state index contributed by atoms with van der Waals surface area (Å²) in [5.41, 5.74) is 0. The van der Waals surface area contributed by atoms with Crippen LogP contribution in [0.1, 0.15) is 0 Å². The predicted molar refractivity (Wildman–Crippen MR) is 38.3 cm³/mol. The lowest BCUT2D eigenvalue weighted by atomic mass is 10.4. The van der Waals surface area contributed by atoms with E-state index in [0.717, 1.165) is 6.41 Å². The van der Waals surface area contributed by atoms with Crippen LogP contribution in [0.3, 0.4) is 0 Å². The van der Waals surface area contributed by atoms with Crippen LogP contribution in [0.4, 0.5) is 4.79 Å². The zero-order valence-corrected chi connectivity index (χ0v) is 6.47. The van der Waals surface area contributed by atoms with Gasteiger partial charge in [-0.2, -0.15) is 0 Å². The first-order chi connectivity index (χ1) is 5.72. The van der Waals surface area contributed by atoms with E-state index < -0.39 is 6.16 Å². The molecule has 1 fully saturated rings. The van der Waals surface area contributed by atoms with E-state index in [1.165, 1.54) is 5.06 Å². The number of hydroxylamine groups is 2. The van der Waals surface area contributed by atoms with E-state index >= 15 is 0 Å². The van der Waals surface area contributed by atoms with Gasteiger partial charge >= 0.3 is 6.16 Å². The number of carbonyl (C=O) groups is 2. The standard InChI is InChI=1S/C6H10N2O4/c9-5-7-1-3-8(4-2-7)12-6(10)11/h5H,1-4H2,(H,10,11). The summed E-state index contributed by atoms with van der Waals surface area (Å²) < 4.78 is 0. The number of amides is 1. The van der Waals surface area contributed by atoms with Crippen LogP contribution in [0.25, 0.3) is 0 Å². The Bertz CT molecular complexity index is 176. The molecule has 1 rings (SSSR count). The molecule has 0 unspecified atom stereocenters. The molecule has 0 bridgehead atoms.